The molecule has 0 radical (unpaired) electrons. The van der Waals surface area contributed by atoms with Crippen LogP contribution in [0.1, 0.15) is 35.2 Å². The van der Waals surface area contributed by atoms with E-state index in [0.29, 0.717) is 12.1 Å². The number of hydrogen-bond donors (Lipinski definition) is 1. The van der Waals surface area contributed by atoms with Gasteiger partial charge in [0.15, 0.2) is 0 Å². The van der Waals surface area contributed by atoms with Crippen molar-refractivity contribution in [2.75, 3.05) is 13.6 Å². The van der Waals surface area contributed by atoms with Gasteiger partial charge in [0.2, 0.25) is 5.91 Å². The number of likely N-dealkylation sites (tertiary alicyclic amines) is 1. The van der Waals surface area contributed by atoms with E-state index in [1.807, 2.05) is 25.1 Å². The SMILES string of the molecule is CNC(=O)C1CCCCN1C(=O)c1ccc(C)c(Br)c1. The number of piperidine rings is 1. The van der Waals surface area contributed by atoms with Crippen LogP contribution in [0.3, 0.4) is 0 Å². The van der Waals surface area contributed by atoms with Crippen molar-refractivity contribution in [1.82, 2.24) is 10.2 Å². The molecule has 1 saturated heterocycles. The van der Waals surface area contributed by atoms with Crippen LogP contribution >= 0.6 is 15.9 Å². The standard InChI is InChI=1S/C15H19BrN2O2/c1-10-6-7-11(9-12(10)16)15(20)18-8-4-3-5-13(18)14(19)17-2/h6-7,9,13H,3-5,8H2,1-2H3,(H,17,19). The first-order chi connectivity index (χ1) is 9.54. The number of aryl methyl sites for hydroxylation is 1. The minimum absolute atomic E-state index is 0.0704. The zero-order valence-corrected chi connectivity index (χ0v) is 13.4. The van der Waals surface area contributed by atoms with Gasteiger partial charge in [0, 0.05) is 23.6 Å². The fourth-order valence-corrected chi connectivity index (χ4v) is 2.88. The lowest BCUT2D eigenvalue weighted by molar-refractivity contribution is -0.126. The molecule has 0 aliphatic carbocycles. The Morgan fingerprint density at radius 2 is 2.10 bits per heavy atom. The molecule has 0 bridgehead atoms. The van der Waals surface area contributed by atoms with Crippen molar-refractivity contribution in [1.29, 1.82) is 0 Å². The quantitative estimate of drug-likeness (QED) is 0.900. The molecule has 1 fully saturated rings. The van der Waals surface area contributed by atoms with E-state index in [-0.39, 0.29) is 17.9 Å². The Bertz CT molecular complexity index is 531. The lowest BCUT2D eigenvalue weighted by atomic mass is 10.00. The number of amides is 2. The van der Waals surface area contributed by atoms with Gasteiger partial charge < -0.3 is 10.2 Å². The Kier molecular flexibility index (Phi) is 4.81. The Balaban J connectivity index is 2.25. The Hall–Kier alpha value is -1.36. The molecular weight excluding hydrogens is 320 g/mol. The summed E-state index contributed by atoms with van der Waals surface area (Å²) in [6.45, 7) is 2.62. The number of carbonyl (C=O) groups is 2. The van der Waals surface area contributed by atoms with Crippen LogP contribution in [0.15, 0.2) is 22.7 Å². The molecule has 4 nitrogen and oxygen atoms in total. The predicted octanol–water partition coefficient (Wildman–Crippen LogP) is 2.50. The molecule has 0 aromatic heterocycles. The fourth-order valence-electron chi connectivity index (χ4n) is 2.51. The molecule has 0 spiro atoms. The first-order valence-electron chi connectivity index (χ1n) is 6.83. The molecule has 1 aromatic carbocycles. The number of benzene rings is 1. The topological polar surface area (TPSA) is 49.4 Å². The van der Waals surface area contributed by atoms with Crippen molar-refractivity contribution in [3.63, 3.8) is 0 Å². The van der Waals surface area contributed by atoms with Gasteiger partial charge in [-0.05, 0) is 43.9 Å². The molecule has 1 aliphatic rings. The molecule has 1 N–H and O–H groups in total. The van der Waals surface area contributed by atoms with Crippen molar-refractivity contribution in [3.8, 4) is 0 Å². The van der Waals surface area contributed by atoms with Gasteiger partial charge >= 0.3 is 0 Å². The highest BCUT2D eigenvalue weighted by Gasteiger charge is 2.32. The number of likely N-dealkylation sites (N-methyl/N-ethyl adjacent to an activating group) is 1. The molecule has 0 saturated carbocycles. The summed E-state index contributed by atoms with van der Waals surface area (Å²) in [5.74, 6) is -0.150. The summed E-state index contributed by atoms with van der Waals surface area (Å²) < 4.78 is 0.914. The molecule has 5 heteroatoms. The van der Waals surface area contributed by atoms with Crippen molar-refractivity contribution in [3.05, 3.63) is 33.8 Å². The third-order valence-corrected chi connectivity index (χ3v) is 4.59. The summed E-state index contributed by atoms with van der Waals surface area (Å²) in [5, 5.41) is 2.65. The summed E-state index contributed by atoms with van der Waals surface area (Å²) in [6, 6.07) is 5.21. The van der Waals surface area contributed by atoms with Crippen LogP contribution in [0.4, 0.5) is 0 Å². The number of carbonyl (C=O) groups excluding carboxylic acids is 2. The maximum absolute atomic E-state index is 12.6. The molecule has 2 rings (SSSR count). The summed E-state index contributed by atoms with van der Waals surface area (Å²) in [5.41, 5.74) is 1.71. The van der Waals surface area contributed by atoms with Crippen LogP contribution in [-0.2, 0) is 4.79 Å². The highest BCUT2D eigenvalue weighted by Crippen LogP contribution is 2.23. The second-order valence-electron chi connectivity index (χ2n) is 5.09. The summed E-state index contributed by atoms with van der Waals surface area (Å²) >= 11 is 3.45. The van der Waals surface area contributed by atoms with Crippen molar-refractivity contribution in [2.45, 2.75) is 32.2 Å². The van der Waals surface area contributed by atoms with Gasteiger partial charge in [-0.2, -0.15) is 0 Å². The van der Waals surface area contributed by atoms with Crippen LogP contribution in [-0.4, -0.2) is 36.3 Å². The maximum atomic E-state index is 12.6. The molecule has 1 aromatic rings. The Labute approximate surface area is 127 Å². The number of nitrogens with zero attached hydrogens (tertiary/aromatic N) is 1. The van der Waals surface area contributed by atoms with Crippen LogP contribution in [0.25, 0.3) is 0 Å². The van der Waals surface area contributed by atoms with E-state index in [0.717, 1.165) is 29.3 Å². The Morgan fingerprint density at radius 3 is 2.75 bits per heavy atom. The highest BCUT2D eigenvalue weighted by atomic mass is 79.9. The minimum atomic E-state index is -0.346. The normalized spacial score (nSPS) is 18.8. The maximum Gasteiger partial charge on any atom is 0.254 e. The average Bonchev–Trinajstić information content (AvgIpc) is 2.48. The van der Waals surface area contributed by atoms with Gasteiger partial charge in [-0.1, -0.05) is 22.0 Å². The fraction of sp³-hybridized carbons (Fsp3) is 0.467. The van der Waals surface area contributed by atoms with E-state index in [4.69, 9.17) is 0 Å². The molecule has 108 valence electrons. The van der Waals surface area contributed by atoms with E-state index in [2.05, 4.69) is 21.2 Å². The number of nitrogens with one attached hydrogen (secondary N) is 1. The third-order valence-electron chi connectivity index (χ3n) is 3.73. The zero-order chi connectivity index (χ0) is 14.7. The van der Waals surface area contributed by atoms with Gasteiger partial charge in [-0.25, -0.2) is 0 Å². The molecule has 1 unspecified atom stereocenters. The molecule has 20 heavy (non-hydrogen) atoms. The molecule has 1 aliphatic heterocycles. The van der Waals surface area contributed by atoms with Crippen molar-refractivity contribution >= 4 is 27.7 Å². The molecule has 2 amide bonds. The van der Waals surface area contributed by atoms with Crippen LogP contribution in [0.2, 0.25) is 0 Å². The smallest absolute Gasteiger partial charge is 0.254 e. The molecule has 1 atom stereocenters. The number of hydrogen-bond acceptors (Lipinski definition) is 2. The van der Waals surface area contributed by atoms with Crippen LogP contribution in [0, 0.1) is 6.92 Å². The molecular formula is C15H19BrN2O2. The zero-order valence-electron chi connectivity index (χ0n) is 11.8. The lowest BCUT2D eigenvalue weighted by Gasteiger charge is -2.34. The van der Waals surface area contributed by atoms with Gasteiger partial charge in [0.25, 0.3) is 5.91 Å². The van der Waals surface area contributed by atoms with E-state index in [1.165, 1.54) is 0 Å². The van der Waals surface area contributed by atoms with Crippen LogP contribution in [0.5, 0.6) is 0 Å². The summed E-state index contributed by atoms with van der Waals surface area (Å²) in [6.07, 6.45) is 2.67. The van der Waals surface area contributed by atoms with Crippen LogP contribution < -0.4 is 5.32 Å². The van der Waals surface area contributed by atoms with Gasteiger partial charge in [-0.15, -0.1) is 0 Å². The first-order valence-corrected chi connectivity index (χ1v) is 7.62. The summed E-state index contributed by atoms with van der Waals surface area (Å²) in [7, 11) is 1.61. The average molecular weight is 339 g/mol. The van der Waals surface area contributed by atoms with Gasteiger partial charge in [-0.3, -0.25) is 9.59 Å². The minimum Gasteiger partial charge on any atom is -0.357 e. The predicted molar refractivity (Wildman–Crippen MR) is 81.6 cm³/mol. The van der Waals surface area contributed by atoms with Gasteiger partial charge in [0.05, 0.1) is 0 Å². The second-order valence-corrected chi connectivity index (χ2v) is 5.94. The lowest BCUT2D eigenvalue weighted by Crippen LogP contribution is -2.51. The van der Waals surface area contributed by atoms with Crippen molar-refractivity contribution < 1.29 is 9.59 Å². The van der Waals surface area contributed by atoms with E-state index >= 15 is 0 Å². The van der Waals surface area contributed by atoms with Gasteiger partial charge in [0.1, 0.15) is 6.04 Å². The largest absolute Gasteiger partial charge is 0.357 e. The monoisotopic (exact) mass is 338 g/mol. The summed E-state index contributed by atoms with van der Waals surface area (Å²) in [4.78, 5) is 26.2. The third kappa shape index (κ3) is 3.03. The highest BCUT2D eigenvalue weighted by molar-refractivity contribution is 9.10. The van der Waals surface area contributed by atoms with E-state index < -0.39 is 0 Å². The number of halogens is 1. The second kappa shape index (κ2) is 6.39. The van der Waals surface area contributed by atoms with E-state index in [9.17, 15) is 9.59 Å². The Morgan fingerprint density at radius 1 is 1.35 bits per heavy atom. The number of rotatable bonds is 2. The van der Waals surface area contributed by atoms with Crippen molar-refractivity contribution in [2.24, 2.45) is 0 Å². The van der Waals surface area contributed by atoms with E-state index in [1.54, 1.807) is 11.9 Å². The first kappa shape index (κ1) is 15.0. The molecule has 1 heterocycles.